The van der Waals surface area contributed by atoms with Crippen molar-refractivity contribution in [3.05, 3.63) is 33.5 Å². The summed E-state index contributed by atoms with van der Waals surface area (Å²) in [4.78, 5) is 4.69. The Labute approximate surface area is 96.1 Å². The van der Waals surface area contributed by atoms with Crippen molar-refractivity contribution in [1.29, 1.82) is 0 Å². The molecule has 2 aromatic heterocycles. The molecule has 1 atom stereocenters. The van der Waals surface area contributed by atoms with Gasteiger partial charge in [0.25, 0.3) is 0 Å². The number of hydrogen-bond acceptors (Lipinski definition) is 4. The standard InChI is InChI=1S/C9H10ClN3OS/c1-2-13-8(6(10)3-12-13)9(14)7-4-11-5-15-7/h3-5,9,14H,2H2,1H3. The van der Waals surface area contributed by atoms with Gasteiger partial charge in [-0.2, -0.15) is 5.10 Å². The van der Waals surface area contributed by atoms with Crippen molar-refractivity contribution in [2.45, 2.75) is 19.6 Å². The number of aliphatic hydroxyl groups excluding tert-OH is 1. The van der Waals surface area contributed by atoms with Gasteiger partial charge < -0.3 is 5.11 Å². The van der Waals surface area contributed by atoms with Crippen molar-refractivity contribution in [2.75, 3.05) is 0 Å². The highest BCUT2D eigenvalue weighted by Gasteiger charge is 2.20. The number of nitrogens with zero attached hydrogens (tertiary/aromatic N) is 3. The zero-order chi connectivity index (χ0) is 10.8. The molecule has 0 saturated heterocycles. The summed E-state index contributed by atoms with van der Waals surface area (Å²) in [5, 5.41) is 14.6. The summed E-state index contributed by atoms with van der Waals surface area (Å²) in [5.41, 5.74) is 2.31. The Morgan fingerprint density at radius 1 is 1.60 bits per heavy atom. The average Bonchev–Trinajstić information content (AvgIpc) is 2.85. The summed E-state index contributed by atoms with van der Waals surface area (Å²) in [6, 6.07) is 0. The Kier molecular flexibility index (Phi) is 3.04. The first-order valence-electron chi connectivity index (χ1n) is 4.51. The molecule has 0 aromatic carbocycles. The molecular formula is C9H10ClN3OS. The fraction of sp³-hybridized carbons (Fsp3) is 0.333. The number of aryl methyl sites for hydroxylation is 1. The Hall–Kier alpha value is -0.910. The molecule has 4 nitrogen and oxygen atoms in total. The summed E-state index contributed by atoms with van der Waals surface area (Å²) >= 11 is 7.37. The van der Waals surface area contributed by atoms with E-state index in [1.165, 1.54) is 11.3 Å². The van der Waals surface area contributed by atoms with Gasteiger partial charge in [0.05, 0.1) is 27.3 Å². The molecule has 2 rings (SSSR count). The van der Waals surface area contributed by atoms with Crippen molar-refractivity contribution in [3.8, 4) is 0 Å². The van der Waals surface area contributed by atoms with Gasteiger partial charge in [-0.3, -0.25) is 9.67 Å². The van der Waals surface area contributed by atoms with Crippen LogP contribution >= 0.6 is 22.9 Å². The lowest BCUT2D eigenvalue weighted by Crippen LogP contribution is -2.08. The van der Waals surface area contributed by atoms with Gasteiger partial charge in [-0.1, -0.05) is 11.6 Å². The number of thiazole rings is 1. The molecule has 0 radical (unpaired) electrons. The molecule has 2 aromatic rings. The van der Waals surface area contributed by atoms with Gasteiger partial charge in [-0.15, -0.1) is 11.3 Å². The maximum Gasteiger partial charge on any atom is 0.133 e. The molecule has 0 saturated carbocycles. The van der Waals surface area contributed by atoms with Crippen molar-refractivity contribution < 1.29 is 5.11 Å². The van der Waals surface area contributed by atoms with Crippen LogP contribution in [0.3, 0.4) is 0 Å². The highest BCUT2D eigenvalue weighted by atomic mass is 35.5. The zero-order valence-corrected chi connectivity index (χ0v) is 9.66. The minimum Gasteiger partial charge on any atom is -0.381 e. The van der Waals surface area contributed by atoms with Crippen molar-refractivity contribution in [2.24, 2.45) is 0 Å². The fourth-order valence-corrected chi connectivity index (χ4v) is 2.24. The molecule has 0 amide bonds. The van der Waals surface area contributed by atoms with E-state index in [-0.39, 0.29) is 0 Å². The second-order valence-electron chi connectivity index (χ2n) is 3.00. The topological polar surface area (TPSA) is 50.9 Å². The molecule has 6 heteroatoms. The van der Waals surface area contributed by atoms with Crippen LogP contribution in [0.4, 0.5) is 0 Å². The van der Waals surface area contributed by atoms with E-state index >= 15 is 0 Å². The second kappa shape index (κ2) is 4.30. The third kappa shape index (κ3) is 1.90. The number of halogens is 1. The SMILES string of the molecule is CCn1ncc(Cl)c1C(O)c1cncs1. The summed E-state index contributed by atoms with van der Waals surface area (Å²) in [6.07, 6.45) is 2.44. The minimum absolute atomic E-state index is 0.484. The van der Waals surface area contributed by atoms with Gasteiger partial charge in [0.15, 0.2) is 0 Å². The van der Waals surface area contributed by atoms with E-state index in [1.807, 2.05) is 6.92 Å². The van der Waals surface area contributed by atoms with E-state index in [1.54, 1.807) is 22.6 Å². The highest BCUT2D eigenvalue weighted by molar-refractivity contribution is 7.09. The maximum absolute atomic E-state index is 10.1. The van der Waals surface area contributed by atoms with E-state index in [4.69, 9.17) is 11.6 Å². The third-order valence-electron chi connectivity index (χ3n) is 2.11. The number of aliphatic hydroxyl groups is 1. The normalized spacial score (nSPS) is 13.0. The van der Waals surface area contributed by atoms with Crippen LogP contribution in [0.5, 0.6) is 0 Å². The quantitative estimate of drug-likeness (QED) is 0.898. The Bertz CT molecular complexity index is 440. The third-order valence-corrected chi connectivity index (χ3v) is 3.23. The number of hydrogen-bond donors (Lipinski definition) is 1. The maximum atomic E-state index is 10.1. The number of rotatable bonds is 3. The average molecular weight is 244 g/mol. The van der Waals surface area contributed by atoms with Crippen molar-refractivity contribution in [1.82, 2.24) is 14.8 Å². The fourth-order valence-electron chi connectivity index (χ4n) is 1.39. The van der Waals surface area contributed by atoms with Gasteiger partial charge in [0, 0.05) is 12.7 Å². The van der Waals surface area contributed by atoms with Crippen LogP contribution < -0.4 is 0 Å². The van der Waals surface area contributed by atoms with Crippen LogP contribution in [0, 0.1) is 0 Å². The van der Waals surface area contributed by atoms with Gasteiger partial charge in [-0.05, 0) is 6.92 Å². The molecule has 80 valence electrons. The summed E-state index contributed by atoms with van der Waals surface area (Å²) in [6.45, 7) is 2.63. The van der Waals surface area contributed by atoms with Gasteiger partial charge >= 0.3 is 0 Å². The summed E-state index contributed by atoms with van der Waals surface area (Å²) in [7, 11) is 0. The van der Waals surface area contributed by atoms with E-state index < -0.39 is 6.10 Å². The molecular weight excluding hydrogens is 234 g/mol. The molecule has 0 aliphatic heterocycles. The Morgan fingerprint density at radius 3 is 3.00 bits per heavy atom. The molecule has 1 unspecified atom stereocenters. The molecule has 0 fully saturated rings. The van der Waals surface area contributed by atoms with Gasteiger partial charge in [0.2, 0.25) is 0 Å². The predicted octanol–water partition coefficient (Wildman–Crippen LogP) is 2.09. The van der Waals surface area contributed by atoms with Crippen LogP contribution in [-0.4, -0.2) is 19.9 Å². The van der Waals surface area contributed by atoms with Crippen molar-refractivity contribution >= 4 is 22.9 Å². The molecule has 2 heterocycles. The summed E-state index contributed by atoms with van der Waals surface area (Å²) < 4.78 is 1.69. The Morgan fingerprint density at radius 2 is 2.40 bits per heavy atom. The molecule has 0 bridgehead atoms. The van der Waals surface area contributed by atoms with Gasteiger partial charge in [0.1, 0.15) is 6.10 Å². The van der Waals surface area contributed by atoms with Crippen LogP contribution in [0.15, 0.2) is 17.9 Å². The van der Waals surface area contributed by atoms with Gasteiger partial charge in [-0.25, -0.2) is 0 Å². The van der Waals surface area contributed by atoms with E-state index in [0.717, 1.165) is 4.88 Å². The Balaban J connectivity index is 2.40. The number of aromatic nitrogens is 3. The van der Waals surface area contributed by atoms with E-state index in [9.17, 15) is 5.11 Å². The lowest BCUT2D eigenvalue weighted by atomic mass is 10.2. The molecule has 0 aliphatic rings. The van der Waals surface area contributed by atoms with Crippen LogP contribution in [0.25, 0.3) is 0 Å². The van der Waals surface area contributed by atoms with Crippen LogP contribution in [0.2, 0.25) is 5.02 Å². The predicted molar refractivity (Wildman–Crippen MR) is 59.1 cm³/mol. The first-order valence-corrected chi connectivity index (χ1v) is 5.77. The lowest BCUT2D eigenvalue weighted by Gasteiger charge is -2.10. The van der Waals surface area contributed by atoms with E-state index in [2.05, 4.69) is 10.1 Å². The molecule has 0 spiro atoms. The van der Waals surface area contributed by atoms with Crippen LogP contribution in [-0.2, 0) is 6.54 Å². The second-order valence-corrected chi connectivity index (χ2v) is 4.32. The minimum atomic E-state index is -0.743. The zero-order valence-electron chi connectivity index (χ0n) is 8.09. The van der Waals surface area contributed by atoms with Crippen LogP contribution in [0.1, 0.15) is 23.6 Å². The molecule has 0 aliphatic carbocycles. The van der Waals surface area contributed by atoms with E-state index in [0.29, 0.717) is 17.3 Å². The first kappa shape index (κ1) is 10.6. The highest BCUT2D eigenvalue weighted by Crippen LogP contribution is 2.29. The molecule has 1 N–H and O–H groups in total. The molecule has 15 heavy (non-hydrogen) atoms. The lowest BCUT2D eigenvalue weighted by molar-refractivity contribution is 0.211. The first-order chi connectivity index (χ1) is 7.24. The van der Waals surface area contributed by atoms with Crippen molar-refractivity contribution in [3.63, 3.8) is 0 Å². The largest absolute Gasteiger partial charge is 0.381 e. The monoisotopic (exact) mass is 243 g/mol. The smallest absolute Gasteiger partial charge is 0.133 e. The summed E-state index contributed by atoms with van der Waals surface area (Å²) in [5.74, 6) is 0.